The van der Waals surface area contributed by atoms with Gasteiger partial charge < -0.3 is 21.5 Å². The van der Waals surface area contributed by atoms with Crippen molar-refractivity contribution in [2.24, 2.45) is 11.7 Å². The lowest BCUT2D eigenvalue weighted by atomic mass is 9.81. The highest BCUT2D eigenvalue weighted by atomic mass is 16.3. The second-order valence-electron chi connectivity index (χ2n) is 11.9. The maximum absolute atomic E-state index is 12.7. The number of amides is 2. The quantitative estimate of drug-likeness (QED) is 0.408. The number of hydrogen-bond acceptors (Lipinski definition) is 6. The largest absolute Gasteiger partial charge is 0.393 e. The lowest BCUT2D eigenvalue weighted by Gasteiger charge is -2.33. The van der Waals surface area contributed by atoms with E-state index in [9.17, 15) is 14.7 Å². The number of rotatable bonds is 7. The molecule has 0 aromatic carbocycles. The summed E-state index contributed by atoms with van der Waals surface area (Å²) in [4.78, 5) is 34.5. The third kappa shape index (κ3) is 6.09. The molecule has 2 aromatic heterocycles. The summed E-state index contributed by atoms with van der Waals surface area (Å²) in [5.41, 5.74) is 10.3. The van der Waals surface area contributed by atoms with Gasteiger partial charge in [-0.25, -0.2) is 0 Å². The van der Waals surface area contributed by atoms with Gasteiger partial charge in [0.2, 0.25) is 5.91 Å². The van der Waals surface area contributed by atoms with E-state index in [4.69, 9.17) is 10.7 Å². The predicted octanol–water partition coefficient (Wildman–Crippen LogP) is 2.62. The zero-order valence-electron chi connectivity index (χ0n) is 23.8. The van der Waals surface area contributed by atoms with Crippen LogP contribution in [0.5, 0.6) is 0 Å². The van der Waals surface area contributed by atoms with Crippen LogP contribution in [0.2, 0.25) is 0 Å². The van der Waals surface area contributed by atoms with Crippen molar-refractivity contribution in [2.45, 2.75) is 81.9 Å². The molecule has 0 radical (unpaired) electrons. The van der Waals surface area contributed by atoms with Gasteiger partial charge in [0.05, 0.1) is 23.8 Å². The molecule has 8 heteroatoms. The van der Waals surface area contributed by atoms with Crippen LogP contribution < -0.4 is 26.8 Å². The fraction of sp³-hybridized carbons (Fsp3) is 0.412. The van der Waals surface area contributed by atoms with Crippen LogP contribution in [0, 0.1) is 5.92 Å². The molecule has 4 aliphatic carbocycles. The number of nitrogens with one attached hydrogen (secondary N) is 2. The topological polar surface area (TPSA) is 130 Å². The number of fused-ring (bicyclic) bond motifs is 1. The molecule has 0 aliphatic heterocycles. The minimum Gasteiger partial charge on any atom is -0.393 e. The first-order valence-electron chi connectivity index (χ1n) is 15.2. The minimum atomic E-state index is -0.328. The monoisotopic (exact) mass is 565 g/mol. The van der Waals surface area contributed by atoms with E-state index in [1.165, 1.54) is 5.57 Å². The highest BCUT2D eigenvalue weighted by Crippen LogP contribution is 2.33. The third-order valence-electron chi connectivity index (χ3n) is 9.02. The first kappa shape index (κ1) is 28.1. The summed E-state index contributed by atoms with van der Waals surface area (Å²) in [6.45, 7) is 0. The fourth-order valence-electron chi connectivity index (χ4n) is 6.73. The average molecular weight is 566 g/mol. The molecule has 0 spiro atoms. The van der Waals surface area contributed by atoms with Gasteiger partial charge in [0.25, 0.3) is 5.91 Å². The average Bonchev–Trinajstić information content (AvgIpc) is 3.02. The van der Waals surface area contributed by atoms with Crippen LogP contribution in [-0.4, -0.2) is 45.1 Å². The Morgan fingerprint density at radius 3 is 2.60 bits per heavy atom. The van der Waals surface area contributed by atoms with E-state index in [0.717, 1.165) is 78.8 Å². The molecular formula is C34H39N5O3. The number of aliphatic hydroxyl groups excluding tert-OH is 1. The maximum Gasteiger partial charge on any atom is 0.270 e. The Hall–Kier alpha value is -4.04. The number of hydrogen-bond donors (Lipinski definition) is 4. The summed E-state index contributed by atoms with van der Waals surface area (Å²) >= 11 is 0. The Labute approximate surface area is 246 Å². The predicted molar refractivity (Wildman–Crippen MR) is 162 cm³/mol. The molecule has 3 atom stereocenters. The number of carbonyl (C=O) groups is 2. The van der Waals surface area contributed by atoms with Crippen molar-refractivity contribution in [3.63, 3.8) is 0 Å². The molecule has 1 saturated carbocycles. The normalized spacial score (nSPS) is 26.9. The van der Waals surface area contributed by atoms with Crippen molar-refractivity contribution >= 4 is 23.5 Å². The zero-order valence-corrected chi connectivity index (χ0v) is 23.8. The van der Waals surface area contributed by atoms with Crippen LogP contribution in [0.4, 0.5) is 0 Å². The Balaban J connectivity index is 1.27. The smallest absolute Gasteiger partial charge is 0.270 e. The second kappa shape index (κ2) is 12.4. The molecule has 6 rings (SSSR count). The van der Waals surface area contributed by atoms with Crippen molar-refractivity contribution in [3.8, 4) is 0 Å². The van der Waals surface area contributed by atoms with Crippen LogP contribution in [0.25, 0.3) is 11.6 Å². The van der Waals surface area contributed by atoms with Gasteiger partial charge in [0.15, 0.2) is 0 Å². The number of pyridine rings is 2. The number of carbonyl (C=O) groups excluding carboxylic acids is 2. The van der Waals surface area contributed by atoms with E-state index in [2.05, 4.69) is 33.8 Å². The van der Waals surface area contributed by atoms with Gasteiger partial charge in [-0.3, -0.25) is 19.6 Å². The standard InChI is InChI=1S/C34H39N5O3/c35-33(41)29-15-9-21(19-31(29)38-24-11-13-25(40)14-12-24)32-28-8-4-7-26(27(28)17-18-36-32)22-10-16-30(37-20-22)34(42)39-23-5-2-1-3-6-23/h1-3,5,8,10,16-21,23-25,29,38,40H,4,6-7,9,11-15H2,(H2,35,41)(H,39,42). The summed E-state index contributed by atoms with van der Waals surface area (Å²) in [5, 5.41) is 18.8. The lowest BCUT2D eigenvalue weighted by Crippen LogP contribution is -2.41. The van der Waals surface area contributed by atoms with Gasteiger partial charge in [-0.2, -0.15) is 0 Å². The van der Waals surface area contributed by atoms with E-state index in [1.54, 1.807) is 12.3 Å². The van der Waals surface area contributed by atoms with Gasteiger partial charge in [0, 0.05) is 35.3 Å². The van der Waals surface area contributed by atoms with Crippen molar-refractivity contribution in [2.75, 3.05) is 0 Å². The molecule has 2 aromatic rings. The SMILES string of the molecule is NC(=O)C1CCC(c2nccc3c2=CCCC=3c2ccc(C(=O)NC3C=CC=CC3)nc2)C=C1NC1CCC(O)CC1. The van der Waals surface area contributed by atoms with Gasteiger partial charge in [0.1, 0.15) is 5.69 Å². The summed E-state index contributed by atoms with van der Waals surface area (Å²) in [7, 11) is 0. The number of allylic oxidation sites excluding steroid dienone is 3. The Morgan fingerprint density at radius 1 is 1.00 bits per heavy atom. The lowest BCUT2D eigenvalue weighted by molar-refractivity contribution is -0.121. The molecular weight excluding hydrogens is 526 g/mol. The zero-order chi connectivity index (χ0) is 29.1. The van der Waals surface area contributed by atoms with Gasteiger partial charge >= 0.3 is 0 Å². The van der Waals surface area contributed by atoms with Crippen LogP contribution >= 0.6 is 0 Å². The summed E-state index contributed by atoms with van der Waals surface area (Å²) < 4.78 is 0. The van der Waals surface area contributed by atoms with Crippen LogP contribution in [0.1, 0.15) is 85.5 Å². The van der Waals surface area contributed by atoms with E-state index in [-0.39, 0.29) is 41.8 Å². The third-order valence-corrected chi connectivity index (χ3v) is 9.02. The first-order valence-corrected chi connectivity index (χ1v) is 15.2. The number of nitrogens with two attached hydrogens (primary N) is 1. The highest BCUT2D eigenvalue weighted by molar-refractivity contribution is 5.92. The summed E-state index contributed by atoms with van der Waals surface area (Å²) in [6, 6.07) is 6.08. The second-order valence-corrected chi connectivity index (χ2v) is 11.9. The number of aromatic nitrogens is 2. The van der Waals surface area contributed by atoms with Crippen molar-refractivity contribution in [1.29, 1.82) is 0 Å². The maximum atomic E-state index is 12.7. The van der Waals surface area contributed by atoms with Gasteiger partial charge in [-0.1, -0.05) is 42.5 Å². The van der Waals surface area contributed by atoms with Crippen LogP contribution in [-0.2, 0) is 4.79 Å². The number of primary amides is 1. The Morgan fingerprint density at radius 2 is 1.86 bits per heavy atom. The molecule has 3 unspecified atom stereocenters. The van der Waals surface area contributed by atoms with Crippen LogP contribution in [0.3, 0.4) is 0 Å². The number of aliphatic hydroxyl groups is 1. The van der Waals surface area contributed by atoms with Crippen LogP contribution in [0.15, 0.2) is 66.7 Å². The molecule has 2 heterocycles. The minimum absolute atomic E-state index is 0.0107. The van der Waals surface area contributed by atoms with E-state index in [0.29, 0.717) is 12.1 Å². The van der Waals surface area contributed by atoms with E-state index in [1.807, 2.05) is 36.6 Å². The molecule has 218 valence electrons. The number of nitrogens with zero attached hydrogens (tertiary/aromatic N) is 2. The van der Waals surface area contributed by atoms with Gasteiger partial charge in [-0.15, -0.1) is 0 Å². The summed E-state index contributed by atoms with van der Waals surface area (Å²) in [6.07, 6.45) is 23.2. The molecule has 4 aliphatic rings. The Kier molecular flexibility index (Phi) is 8.33. The molecule has 0 bridgehead atoms. The van der Waals surface area contributed by atoms with Crippen molar-refractivity contribution < 1.29 is 14.7 Å². The van der Waals surface area contributed by atoms with Crippen molar-refractivity contribution in [3.05, 3.63) is 94.1 Å². The highest BCUT2D eigenvalue weighted by Gasteiger charge is 2.31. The molecule has 1 fully saturated rings. The van der Waals surface area contributed by atoms with Gasteiger partial charge in [-0.05, 0) is 86.3 Å². The summed E-state index contributed by atoms with van der Waals surface area (Å²) in [5.74, 6) is -0.737. The van der Waals surface area contributed by atoms with E-state index < -0.39 is 0 Å². The molecule has 0 saturated heterocycles. The van der Waals surface area contributed by atoms with E-state index >= 15 is 0 Å². The molecule has 42 heavy (non-hydrogen) atoms. The molecule has 2 amide bonds. The Bertz CT molecular complexity index is 1550. The van der Waals surface area contributed by atoms with Crippen molar-refractivity contribution in [1.82, 2.24) is 20.6 Å². The first-order chi connectivity index (χ1) is 20.5. The molecule has 8 nitrogen and oxygen atoms in total. The fourth-order valence-corrected chi connectivity index (χ4v) is 6.73. The molecule has 5 N–H and O–H groups in total.